The van der Waals surface area contributed by atoms with Gasteiger partial charge in [-0.1, -0.05) is 6.07 Å². The maximum absolute atomic E-state index is 14.7. The molecular weight excluding hydrogens is 575 g/mol. The number of piperidine rings is 1. The molecule has 1 saturated heterocycles. The quantitative estimate of drug-likeness (QED) is 0.286. The van der Waals surface area contributed by atoms with Crippen molar-refractivity contribution >= 4 is 46.0 Å². The highest BCUT2D eigenvalue weighted by atomic mass is 32.1. The number of aromatic nitrogens is 4. The molecule has 6 rings (SSSR count). The van der Waals surface area contributed by atoms with E-state index in [2.05, 4.69) is 25.3 Å². The second kappa shape index (κ2) is 11.6. The standard InChI is InChI=1S/C29H31FN8O4S/c1-15-35-29(42-19-7-5-18(39)6-8-19)25(43-15)28(41)36-17-3-2-10-37(13-17)23-12-22(38-24(23)26(31)33-14-34-38)16-4-9-20(27(32)40)21(30)11-16/h4,9,11-12,14,17,19H,2-3,5-8,10,13H2,1H3,(H2,32,40)(H,36,41)(H2,31,33,34)/t17-/m1/s1. The number of nitrogens with one attached hydrogen (secondary N) is 1. The van der Waals surface area contributed by atoms with Crippen molar-refractivity contribution in [3.8, 4) is 17.1 Å². The molecule has 14 heteroatoms. The summed E-state index contributed by atoms with van der Waals surface area (Å²) >= 11 is 1.28. The van der Waals surface area contributed by atoms with Crippen LogP contribution in [-0.4, -0.2) is 62.4 Å². The average molecular weight is 607 g/mol. The summed E-state index contributed by atoms with van der Waals surface area (Å²) in [6.45, 7) is 3.02. The number of carbonyl (C=O) groups is 3. The molecule has 4 aromatic rings. The lowest BCUT2D eigenvalue weighted by molar-refractivity contribution is -0.121. The van der Waals surface area contributed by atoms with Crippen LogP contribution in [0.1, 0.15) is 63.6 Å². The minimum Gasteiger partial charge on any atom is -0.473 e. The van der Waals surface area contributed by atoms with Gasteiger partial charge in [-0.05, 0) is 50.8 Å². The fraction of sp³-hybridized carbons (Fsp3) is 0.379. The average Bonchev–Trinajstić information content (AvgIpc) is 3.55. The van der Waals surface area contributed by atoms with Crippen molar-refractivity contribution in [3.63, 3.8) is 0 Å². The summed E-state index contributed by atoms with van der Waals surface area (Å²) in [4.78, 5) is 47.8. The first-order chi connectivity index (χ1) is 20.7. The number of Topliss-reactive ketones (excluding diaryl/α,β-unsaturated/α-hetero) is 1. The summed E-state index contributed by atoms with van der Waals surface area (Å²) in [5.41, 5.74) is 13.7. The lowest BCUT2D eigenvalue weighted by atomic mass is 9.96. The van der Waals surface area contributed by atoms with Gasteiger partial charge < -0.3 is 26.4 Å². The second-order valence-electron chi connectivity index (χ2n) is 10.9. The molecule has 43 heavy (non-hydrogen) atoms. The van der Waals surface area contributed by atoms with Gasteiger partial charge in [0.15, 0.2) is 10.7 Å². The molecule has 0 bridgehead atoms. The number of anilines is 2. The van der Waals surface area contributed by atoms with Crippen LogP contribution in [-0.2, 0) is 4.79 Å². The summed E-state index contributed by atoms with van der Waals surface area (Å²) in [7, 11) is 0. The van der Waals surface area contributed by atoms with E-state index in [1.807, 2.05) is 13.0 Å². The molecule has 224 valence electrons. The summed E-state index contributed by atoms with van der Waals surface area (Å²) in [6, 6.07) is 5.87. The monoisotopic (exact) mass is 606 g/mol. The number of thiazole rings is 1. The molecule has 1 aliphatic carbocycles. The highest BCUT2D eigenvalue weighted by Gasteiger charge is 2.29. The molecule has 12 nitrogen and oxygen atoms in total. The van der Waals surface area contributed by atoms with E-state index < -0.39 is 11.7 Å². The molecule has 4 heterocycles. The molecular formula is C29H31FN8O4S. The number of hydrogen-bond donors (Lipinski definition) is 3. The minimum absolute atomic E-state index is 0.138. The number of ketones is 1. The Morgan fingerprint density at radius 2 is 1.98 bits per heavy atom. The van der Waals surface area contributed by atoms with Gasteiger partial charge in [0, 0.05) is 37.5 Å². The van der Waals surface area contributed by atoms with E-state index in [1.165, 1.54) is 29.8 Å². The van der Waals surface area contributed by atoms with Gasteiger partial charge >= 0.3 is 0 Å². The van der Waals surface area contributed by atoms with Crippen molar-refractivity contribution in [1.82, 2.24) is 24.9 Å². The van der Waals surface area contributed by atoms with Crippen LogP contribution >= 0.6 is 11.3 Å². The Kier molecular flexibility index (Phi) is 7.69. The van der Waals surface area contributed by atoms with E-state index in [0.717, 1.165) is 23.5 Å². The van der Waals surface area contributed by atoms with Crippen molar-refractivity contribution in [2.75, 3.05) is 23.7 Å². The number of fused-ring (bicyclic) bond motifs is 1. The van der Waals surface area contributed by atoms with E-state index in [4.69, 9.17) is 16.2 Å². The number of benzene rings is 1. The zero-order chi connectivity index (χ0) is 30.2. The predicted molar refractivity (Wildman–Crippen MR) is 159 cm³/mol. The SMILES string of the molecule is Cc1nc(OC2CCC(=O)CC2)c(C(=O)N[C@@H]2CCCN(c3cc(-c4ccc(C(N)=O)c(F)c4)n4ncnc(N)c34)C2)s1. The summed E-state index contributed by atoms with van der Waals surface area (Å²) < 4.78 is 22.4. The normalized spacial score (nSPS) is 17.8. The van der Waals surface area contributed by atoms with Crippen molar-refractivity contribution in [3.05, 3.63) is 51.9 Å². The van der Waals surface area contributed by atoms with Crippen LogP contribution in [0.4, 0.5) is 15.9 Å². The van der Waals surface area contributed by atoms with Crippen molar-refractivity contribution in [1.29, 1.82) is 0 Å². The molecule has 3 aromatic heterocycles. The lowest BCUT2D eigenvalue weighted by Crippen LogP contribution is -2.47. The number of aryl methyl sites for hydroxylation is 1. The zero-order valence-electron chi connectivity index (χ0n) is 23.5. The first-order valence-corrected chi connectivity index (χ1v) is 14.9. The summed E-state index contributed by atoms with van der Waals surface area (Å²) in [6.07, 6.45) is 4.96. The first kappa shape index (κ1) is 28.5. The Morgan fingerprint density at radius 1 is 1.19 bits per heavy atom. The third-order valence-corrected chi connectivity index (χ3v) is 8.82. The van der Waals surface area contributed by atoms with E-state index in [0.29, 0.717) is 66.3 Å². The number of nitrogens with two attached hydrogens (primary N) is 2. The third kappa shape index (κ3) is 5.74. The highest BCUT2D eigenvalue weighted by molar-refractivity contribution is 7.13. The lowest BCUT2D eigenvalue weighted by Gasteiger charge is -2.34. The number of carbonyl (C=O) groups excluding carboxylic acids is 3. The molecule has 1 aromatic carbocycles. The van der Waals surface area contributed by atoms with Crippen LogP contribution in [0.5, 0.6) is 5.88 Å². The smallest absolute Gasteiger partial charge is 0.267 e. The molecule has 2 aliphatic rings. The Bertz CT molecular complexity index is 1730. The predicted octanol–water partition coefficient (Wildman–Crippen LogP) is 3.27. The molecule has 1 atom stereocenters. The fourth-order valence-electron chi connectivity index (χ4n) is 5.75. The number of amides is 2. The molecule has 2 amide bonds. The number of rotatable bonds is 7. The van der Waals surface area contributed by atoms with Gasteiger partial charge in [0.2, 0.25) is 5.88 Å². The van der Waals surface area contributed by atoms with E-state index >= 15 is 0 Å². The molecule has 2 fully saturated rings. The van der Waals surface area contributed by atoms with Gasteiger partial charge in [-0.2, -0.15) is 5.10 Å². The van der Waals surface area contributed by atoms with E-state index in [-0.39, 0.29) is 35.2 Å². The van der Waals surface area contributed by atoms with Gasteiger partial charge in [-0.25, -0.2) is 18.9 Å². The fourth-order valence-corrected chi connectivity index (χ4v) is 6.51. The van der Waals surface area contributed by atoms with Crippen LogP contribution in [0.25, 0.3) is 16.8 Å². The number of nitrogens with zero attached hydrogens (tertiary/aromatic N) is 5. The Morgan fingerprint density at radius 3 is 2.72 bits per heavy atom. The van der Waals surface area contributed by atoms with Gasteiger partial charge in [0.1, 0.15) is 29.5 Å². The van der Waals surface area contributed by atoms with Gasteiger partial charge in [-0.15, -0.1) is 11.3 Å². The van der Waals surface area contributed by atoms with E-state index in [1.54, 1.807) is 10.6 Å². The van der Waals surface area contributed by atoms with Crippen LogP contribution in [0.3, 0.4) is 0 Å². The van der Waals surface area contributed by atoms with Gasteiger partial charge in [0.25, 0.3) is 11.8 Å². The maximum atomic E-state index is 14.7. The van der Waals surface area contributed by atoms with Crippen LogP contribution in [0, 0.1) is 12.7 Å². The number of primary amides is 1. The molecule has 5 N–H and O–H groups in total. The summed E-state index contributed by atoms with van der Waals surface area (Å²) in [5, 5.41) is 8.24. The minimum atomic E-state index is -0.851. The number of hydrogen-bond acceptors (Lipinski definition) is 10. The van der Waals surface area contributed by atoms with E-state index in [9.17, 15) is 18.8 Å². The highest BCUT2D eigenvalue weighted by Crippen LogP contribution is 2.36. The van der Waals surface area contributed by atoms with Crippen molar-refractivity contribution in [2.24, 2.45) is 5.73 Å². The third-order valence-electron chi connectivity index (χ3n) is 7.87. The van der Waals surface area contributed by atoms with Gasteiger partial charge in [0.05, 0.1) is 22.0 Å². The Hall–Kier alpha value is -4.59. The molecule has 1 saturated carbocycles. The number of ether oxygens (including phenoxy) is 1. The summed E-state index contributed by atoms with van der Waals surface area (Å²) in [5.74, 6) is -1.04. The maximum Gasteiger partial charge on any atom is 0.267 e. The number of nitrogen functional groups attached to an aromatic ring is 1. The second-order valence-corrected chi connectivity index (χ2v) is 12.1. The largest absolute Gasteiger partial charge is 0.473 e. The van der Waals surface area contributed by atoms with Crippen LogP contribution in [0.15, 0.2) is 30.6 Å². The van der Waals surface area contributed by atoms with Gasteiger partial charge in [-0.3, -0.25) is 14.4 Å². The van der Waals surface area contributed by atoms with Crippen molar-refractivity contribution in [2.45, 2.75) is 57.6 Å². The van der Waals surface area contributed by atoms with Crippen molar-refractivity contribution < 1.29 is 23.5 Å². The first-order valence-electron chi connectivity index (χ1n) is 14.1. The molecule has 1 aliphatic heterocycles. The molecule has 0 spiro atoms. The Labute approximate surface area is 250 Å². The topological polar surface area (TPSA) is 171 Å². The van der Waals surface area contributed by atoms with Crippen LogP contribution in [0.2, 0.25) is 0 Å². The Balaban J connectivity index is 1.23. The molecule has 0 unspecified atom stereocenters. The zero-order valence-corrected chi connectivity index (χ0v) is 24.3. The number of halogens is 1. The molecule has 0 radical (unpaired) electrons. The van der Waals surface area contributed by atoms with Crippen LogP contribution < -0.4 is 26.4 Å².